The predicted molar refractivity (Wildman–Crippen MR) is 132 cm³/mol. The first-order chi connectivity index (χ1) is 16.1. The van der Waals surface area contributed by atoms with Gasteiger partial charge in [-0.1, -0.05) is 35.9 Å². The van der Waals surface area contributed by atoms with Crippen molar-refractivity contribution in [1.82, 2.24) is 4.98 Å². The lowest BCUT2D eigenvalue weighted by Crippen LogP contribution is -2.30. The van der Waals surface area contributed by atoms with Crippen LogP contribution in [0.1, 0.15) is 59.6 Å². The fraction of sp³-hybridized carbons (Fsp3) is 0.321. The summed E-state index contributed by atoms with van der Waals surface area (Å²) in [6.45, 7) is 9.96. The number of aromatic nitrogens is 1. The monoisotopic (exact) mass is 458 g/mol. The Kier molecular flexibility index (Phi) is 6.28. The summed E-state index contributed by atoms with van der Waals surface area (Å²) < 4.78 is 6.07. The van der Waals surface area contributed by atoms with Gasteiger partial charge in [0.15, 0.2) is 6.10 Å². The van der Waals surface area contributed by atoms with E-state index < -0.39 is 17.7 Å². The van der Waals surface area contributed by atoms with E-state index >= 15 is 0 Å². The van der Waals surface area contributed by atoms with Crippen molar-refractivity contribution in [1.29, 1.82) is 0 Å². The van der Waals surface area contributed by atoms with Gasteiger partial charge in [0.1, 0.15) is 5.69 Å². The molecule has 3 aromatic rings. The fourth-order valence-electron chi connectivity index (χ4n) is 4.51. The molecule has 0 radical (unpaired) electrons. The van der Waals surface area contributed by atoms with Crippen LogP contribution in [0.2, 0.25) is 0 Å². The minimum Gasteiger partial charge on any atom is -0.479 e. The van der Waals surface area contributed by atoms with Gasteiger partial charge in [0.05, 0.1) is 5.60 Å². The summed E-state index contributed by atoms with van der Waals surface area (Å²) in [6, 6.07) is 15.2. The van der Waals surface area contributed by atoms with Crippen molar-refractivity contribution in [2.45, 2.75) is 52.7 Å². The van der Waals surface area contributed by atoms with Crippen LogP contribution in [0.5, 0.6) is 0 Å². The molecule has 0 spiro atoms. The largest absolute Gasteiger partial charge is 0.479 e. The zero-order valence-electron chi connectivity index (χ0n) is 20.3. The minimum absolute atomic E-state index is 0.165. The number of hydrogen-bond acceptors (Lipinski definition) is 4. The lowest BCUT2D eigenvalue weighted by Gasteiger charge is -2.29. The van der Waals surface area contributed by atoms with E-state index in [1.807, 2.05) is 65.0 Å². The molecule has 0 saturated heterocycles. The van der Waals surface area contributed by atoms with E-state index in [0.717, 1.165) is 33.5 Å². The Hall–Kier alpha value is -3.51. The van der Waals surface area contributed by atoms with E-state index in [4.69, 9.17) is 4.74 Å². The van der Waals surface area contributed by atoms with Gasteiger partial charge in [-0.3, -0.25) is 9.78 Å². The molecule has 0 aliphatic carbocycles. The summed E-state index contributed by atoms with van der Waals surface area (Å²) in [6.07, 6.45) is 1.09. The van der Waals surface area contributed by atoms with Crippen LogP contribution in [-0.2, 0) is 16.0 Å². The molecule has 1 amide bonds. The van der Waals surface area contributed by atoms with E-state index in [2.05, 4.69) is 4.98 Å². The maximum atomic E-state index is 13.3. The summed E-state index contributed by atoms with van der Waals surface area (Å²) in [4.78, 5) is 31.7. The van der Waals surface area contributed by atoms with Crippen molar-refractivity contribution < 1.29 is 19.4 Å². The lowest BCUT2D eigenvalue weighted by molar-refractivity contribution is -0.160. The van der Waals surface area contributed by atoms with Gasteiger partial charge in [-0.2, -0.15) is 0 Å². The van der Waals surface area contributed by atoms with E-state index in [9.17, 15) is 14.7 Å². The number of carboxylic acid groups (broad SMARTS) is 1. The van der Waals surface area contributed by atoms with Crippen LogP contribution < -0.4 is 4.90 Å². The fourth-order valence-corrected chi connectivity index (χ4v) is 4.51. The summed E-state index contributed by atoms with van der Waals surface area (Å²) in [5.74, 6) is -1.20. The molecule has 0 unspecified atom stereocenters. The molecule has 4 rings (SSSR count). The Morgan fingerprint density at radius 2 is 1.79 bits per heavy atom. The van der Waals surface area contributed by atoms with Crippen LogP contribution in [0.15, 0.2) is 54.7 Å². The molecule has 2 aromatic carbocycles. The summed E-state index contributed by atoms with van der Waals surface area (Å²) in [5, 5.41) is 10.2. The number of rotatable bonds is 5. The molecular formula is C28H30N2O4. The van der Waals surface area contributed by atoms with Gasteiger partial charge in [-0.15, -0.1) is 0 Å². The van der Waals surface area contributed by atoms with E-state index in [1.54, 1.807) is 29.3 Å². The number of ether oxygens (including phenoxy) is 1. The third-order valence-electron chi connectivity index (χ3n) is 5.96. The molecule has 2 heterocycles. The van der Waals surface area contributed by atoms with Crippen molar-refractivity contribution in [3.05, 3.63) is 82.7 Å². The zero-order valence-corrected chi connectivity index (χ0v) is 20.3. The number of carbonyl (C=O) groups excluding carboxylic acids is 1. The number of aryl methyl sites for hydroxylation is 2. The lowest BCUT2D eigenvalue weighted by atomic mass is 9.86. The van der Waals surface area contributed by atoms with Crippen molar-refractivity contribution in [3.8, 4) is 11.1 Å². The third-order valence-corrected chi connectivity index (χ3v) is 5.96. The van der Waals surface area contributed by atoms with Crippen molar-refractivity contribution in [2.24, 2.45) is 0 Å². The third kappa shape index (κ3) is 4.59. The van der Waals surface area contributed by atoms with E-state index in [0.29, 0.717) is 24.2 Å². The predicted octanol–water partition coefficient (Wildman–Crippen LogP) is 5.51. The molecule has 1 aromatic heterocycles. The SMILES string of the molecule is Cc1ccc(-c2c3c(cc(C)c2[C@H](OC(C)(C)C)C(=O)O)N(C(=O)c2ccccn2)CC3)cc1. The smallest absolute Gasteiger partial charge is 0.337 e. The molecule has 1 atom stereocenters. The van der Waals surface area contributed by atoms with Crippen LogP contribution >= 0.6 is 0 Å². The van der Waals surface area contributed by atoms with Gasteiger partial charge >= 0.3 is 5.97 Å². The highest BCUT2D eigenvalue weighted by atomic mass is 16.5. The number of pyridine rings is 1. The topological polar surface area (TPSA) is 79.7 Å². The summed E-state index contributed by atoms with van der Waals surface area (Å²) >= 11 is 0. The number of amides is 1. The molecule has 34 heavy (non-hydrogen) atoms. The zero-order chi connectivity index (χ0) is 24.6. The maximum Gasteiger partial charge on any atom is 0.337 e. The number of carboxylic acids is 1. The molecular weight excluding hydrogens is 428 g/mol. The first kappa shape index (κ1) is 23.6. The van der Waals surface area contributed by atoms with Crippen molar-refractivity contribution in [3.63, 3.8) is 0 Å². The Bertz CT molecular complexity index is 1230. The Labute approximate surface area is 200 Å². The molecule has 6 nitrogen and oxygen atoms in total. The maximum absolute atomic E-state index is 13.3. The number of nitrogens with zero attached hydrogens (tertiary/aromatic N) is 2. The average Bonchev–Trinajstić information content (AvgIpc) is 3.20. The minimum atomic E-state index is -1.14. The second kappa shape index (κ2) is 9.03. The van der Waals surface area contributed by atoms with Crippen LogP contribution in [0.25, 0.3) is 11.1 Å². The van der Waals surface area contributed by atoms with Gasteiger partial charge < -0.3 is 14.7 Å². The molecule has 0 saturated carbocycles. The normalized spacial score (nSPS) is 14.1. The highest BCUT2D eigenvalue weighted by Gasteiger charge is 2.36. The molecule has 0 bridgehead atoms. The van der Waals surface area contributed by atoms with Gasteiger partial charge in [0.25, 0.3) is 5.91 Å². The Morgan fingerprint density at radius 1 is 1.09 bits per heavy atom. The molecule has 0 fully saturated rings. The van der Waals surface area contributed by atoms with Crippen LogP contribution in [0, 0.1) is 13.8 Å². The Balaban J connectivity index is 1.93. The number of aliphatic carboxylic acids is 1. The van der Waals surface area contributed by atoms with E-state index in [1.165, 1.54) is 0 Å². The van der Waals surface area contributed by atoms with E-state index in [-0.39, 0.29) is 5.91 Å². The number of anilines is 1. The standard InChI is InChI=1S/C28H30N2O4/c1-17-9-11-19(12-10-17)24-20-13-15-30(26(31)21-8-6-7-14-29-21)22(20)16-18(2)23(24)25(27(32)33)34-28(3,4)5/h6-12,14,16,25H,13,15H2,1-5H3,(H,32,33)/t25-/m0/s1. The second-order valence-electron chi connectivity index (χ2n) is 9.72. The van der Waals surface area contributed by atoms with Crippen LogP contribution in [-0.4, -0.2) is 34.1 Å². The average molecular weight is 459 g/mol. The van der Waals surface area contributed by atoms with Gasteiger partial charge in [-0.05, 0) is 81.5 Å². The quantitative estimate of drug-likeness (QED) is 0.545. The number of hydrogen-bond donors (Lipinski definition) is 1. The number of carbonyl (C=O) groups is 2. The molecule has 1 aliphatic heterocycles. The van der Waals surface area contributed by atoms with Gasteiger partial charge in [0, 0.05) is 24.0 Å². The number of benzene rings is 2. The number of fused-ring (bicyclic) bond motifs is 1. The van der Waals surface area contributed by atoms with Crippen LogP contribution in [0.3, 0.4) is 0 Å². The summed E-state index contributed by atoms with van der Waals surface area (Å²) in [7, 11) is 0. The summed E-state index contributed by atoms with van der Waals surface area (Å²) in [5.41, 5.74) is 5.75. The van der Waals surface area contributed by atoms with Crippen molar-refractivity contribution in [2.75, 3.05) is 11.4 Å². The van der Waals surface area contributed by atoms with Gasteiger partial charge in [0.2, 0.25) is 0 Å². The highest BCUT2D eigenvalue weighted by Crippen LogP contribution is 2.44. The Morgan fingerprint density at radius 3 is 2.38 bits per heavy atom. The van der Waals surface area contributed by atoms with Gasteiger partial charge in [-0.25, -0.2) is 4.79 Å². The molecule has 1 N–H and O–H groups in total. The highest BCUT2D eigenvalue weighted by molar-refractivity contribution is 6.07. The molecule has 6 heteroatoms. The molecule has 1 aliphatic rings. The van der Waals surface area contributed by atoms with Crippen molar-refractivity contribution >= 4 is 17.6 Å². The first-order valence-electron chi connectivity index (χ1n) is 11.4. The molecule has 176 valence electrons. The first-order valence-corrected chi connectivity index (χ1v) is 11.4. The van der Waals surface area contributed by atoms with Crippen LogP contribution in [0.4, 0.5) is 5.69 Å². The second-order valence-corrected chi connectivity index (χ2v) is 9.72.